The minimum atomic E-state index is -4.71. The summed E-state index contributed by atoms with van der Waals surface area (Å²) in [5, 5.41) is 8.88. The molecule has 0 rings (SSSR count). The number of phosphoric acid groups is 1. The van der Waals surface area contributed by atoms with E-state index >= 15 is 0 Å². The predicted octanol–water partition coefficient (Wildman–Crippen LogP) is 11.1. The quantitative estimate of drug-likeness (QED) is 0.0233. The molecule has 0 aromatic rings. The first-order valence-corrected chi connectivity index (χ1v) is 22.9. The zero-order chi connectivity index (χ0) is 40.0. The number of allylic oxidation sites excluding steroid dienone is 4. The summed E-state index contributed by atoms with van der Waals surface area (Å²) < 4.78 is 32.6. The van der Waals surface area contributed by atoms with E-state index in [1.165, 1.54) is 83.5 Å². The van der Waals surface area contributed by atoms with E-state index in [2.05, 4.69) is 42.7 Å². The minimum Gasteiger partial charge on any atom is -0.480 e. The van der Waals surface area contributed by atoms with E-state index in [0.717, 1.165) is 70.6 Å². The molecule has 316 valence electrons. The Bertz CT molecular complexity index is 1020. The van der Waals surface area contributed by atoms with Gasteiger partial charge >= 0.3 is 25.7 Å². The van der Waals surface area contributed by atoms with Crippen molar-refractivity contribution in [3.05, 3.63) is 24.3 Å². The molecule has 4 N–H and O–H groups in total. The molecule has 0 saturated heterocycles. The summed E-state index contributed by atoms with van der Waals surface area (Å²) in [5.74, 6) is -2.39. The normalized spacial score (nSPS) is 14.0. The van der Waals surface area contributed by atoms with Crippen LogP contribution < -0.4 is 5.73 Å². The fourth-order valence-corrected chi connectivity index (χ4v) is 6.54. The van der Waals surface area contributed by atoms with Gasteiger partial charge in [-0.15, -0.1) is 0 Å². The third-order valence-electron chi connectivity index (χ3n) is 9.17. The van der Waals surface area contributed by atoms with Gasteiger partial charge in [-0.3, -0.25) is 23.4 Å². The third kappa shape index (κ3) is 36.9. The molecule has 0 aliphatic rings. The van der Waals surface area contributed by atoms with Crippen LogP contribution in [0.1, 0.15) is 194 Å². The number of carbonyl (C=O) groups excluding carboxylic acids is 2. The maximum atomic E-state index is 12.6. The van der Waals surface area contributed by atoms with Crippen LogP contribution in [0.15, 0.2) is 24.3 Å². The molecule has 0 saturated carbocycles. The van der Waals surface area contributed by atoms with Gasteiger partial charge in [-0.1, -0.05) is 141 Å². The SMILES string of the molecule is CCCCCC/C=C/CCCCCCCC(=O)OC[C@H](COP(=O)(O)OC[C@H](N)C(=O)O)OC(=O)CCCCCCCCC/C=C/CCCCCCCC. The number of carbonyl (C=O) groups is 3. The smallest absolute Gasteiger partial charge is 0.472 e. The number of esters is 2. The second-order valence-electron chi connectivity index (χ2n) is 14.5. The van der Waals surface area contributed by atoms with E-state index < -0.39 is 51.1 Å². The first-order chi connectivity index (χ1) is 26.1. The number of hydrogen-bond acceptors (Lipinski definition) is 9. The summed E-state index contributed by atoms with van der Waals surface area (Å²) in [4.78, 5) is 45.9. The number of carboxylic acids is 1. The van der Waals surface area contributed by atoms with Gasteiger partial charge in [0.15, 0.2) is 6.10 Å². The van der Waals surface area contributed by atoms with Crippen molar-refractivity contribution < 1.29 is 47.5 Å². The van der Waals surface area contributed by atoms with Gasteiger partial charge in [-0.25, -0.2) is 4.57 Å². The Labute approximate surface area is 328 Å². The lowest BCUT2D eigenvalue weighted by molar-refractivity contribution is -0.161. The molecule has 0 fully saturated rings. The summed E-state index contributed by atoms with van der Waals surface area (Å²) in [5.41, 5.74) is 5.33. The van der Waals surface area contributed by atoms with Gasteiger partial charge in [0.25, 0.3) is 0 Å². The average Bonchev–Trinajstić information content (AvgIpc) is 3.14. The van der Waals surface area contributed by atoms with Gasteiger partial charge in [-0.2, -0.15) is 0 Å². The van der Waals surface area contributed by atoms with Gasteiger partial charge < -0.3 is 25.2 Å². The van der Waals surface area contributed by atoms with Crippen LogP contribution in [0.5, 0.6) is 0 Å². The van der Waals surface area contributed by atoms with Gasteiger partial charge in [0.05, 0.1) is 13.2 Å². The first-order valence-electron chi connectivity index (χ1n) is 21.4. The highest BCUT2D eigenvalue weighted by atomic mass is 31.2. The van der Waals surface area contributed by atoms with Gasteiger partial charge in [-0.05, 0) is 64.2 Å². The summed E-state index contributed by atoms with van der Waals surface area (Å²) in [7, 11) is -4.71. The highest BCUT2D eigenvalue weighted by Crippen LogP contribution is 2.43. The number of ether oxygens (including phenoxy) is 2. The molecular weight excluding hydrogens is 709 g/mol. The van der Waals surface area contributed by atoms with Crippen molar-refractivity contribution >= 4 is 25.7 Å². The van der Waals surface area contributed by atoms with Crippen molar-refractivity contribution in [2.45, 2.75) is 206 Å². The van der Waals surface area contributed by atoms with E-state index in [4.69, 9.17) is 24.8 Å². The Morgan fingerprint density at radius 1 is 0.556 bits per heavy atom. The number of rotatable bonds is 40. The molecular formula is C42H78NO10P. The Morgan fingerprint density at radius 2 is 0.926 bits per heavy atom. The molecule has 3 atom stereocenters. The summed E-state index contributed by atoms with van der Waals surface area (Å²) >= 11 is 0. The van der Waals surface area contributed by atoms with Crippen molar-refractivity contribution in [1.82, 2.24) is 0 Å². The van der Waals surface area contributed by atoms with Crippen LogP contribution >= 0.6 is 7.82 Å². The van der Waals surface area contributed by atoms with Crippen LogP contribution in [-0.2, 0) is 37.5 Å². The molecule has 12 heteroatoms. The number of nitrogens with two attached hydrogens (primary N) is 1. The maximum Gasteiger partial charge on any atom is 0.472 e. The van der Waals surface area contributed by atoms with Gasteiger partial charge in [0.1, 0.15) is 12.6 Å². The van der Waals surface area contributed by atoms with Crippen LogP contribution in [0.25, 0.3) is 0 Å². The number of carboxylic acid groups (broad SMARTS) is 1. The molecule has 11 nitrogen and oxygen atoms in total. The van der Waals surface area contributed by atoms with Crippen LogP contribution in [0, 0.1) is 0 Å². The van der Waals surface area contributed by atoms with Crippen LogP contribution in [0.3, 0.4) is 0 Å². The highest BCUT2D eigenvalue weighted by Gasteiger charge is 2.28. The number of phosphoric ester groups is 1. The van der Waals surface area contributed by atoms with Crippen molar-refractivity contribution in [3.8, 4) is 0 Å². The molecule has 0 spiro atoms. The standard InChI is InChI=1S/C42H78NO10P/c1-3-5-7-9-11-13-15-17-18-19-20-22-24-26-28-30-32-34-41(45)53-38(36-51-54(48,49)52-37-39(43)42(46)47)35-50-40(44)33-31-29-27-25-23-21-16-14-12-10-8-6-4-2/h14,16-18,38-39H,3-13,15,19-37,43H2,1-2H3,(H,46,47)(H,48,49)/b16-14+,18-17+/t38-,39+/m1/s1. The topological polar surface area (TPSA) is 172 Å². The largest absolute Gasteiger partial charge is 0.480 e. The molecule has 0 aromatic heterocycles. The van der Waals surface area contributed by atoms with Crippen molar-refractivity contribution in [2.75, 3.05) is 19.8 Å². The van der Waals surface area contributed by atoms with Crippen LogP contribution in [0.2, 0.25) is 0 Å². The fourth-order valence-electron chi connectivity index (χ4n) is 5.76. The third-order valence-corrected chi connectivity index (χ3v) is 10.1. The van der Waals surface area contributed by atoms with Crippen molar-refractivity contribution in [3.63, 3.8) is 0 Å². The summed E-state index contributed by atoms with van der Waals surface area (Å²) in [6.07, 6.45) is 38.1. The van der Waals surface area contributed by atoms with Crippen molar-refractivity contribution in [2.24, 2.45) is 5.73 Å². The van der Waals surface area contributed by atoms with Crippen LogP contribution in [0.4, 0.5) is 0 Å². The molecule has 0 aromatic carbocycles. The lowest BCUT2D eigenvalue weighted by atomic mass is 10.1. The lowest BCUT2D eigenvalue weighted by Gasteiger charge is -2.20. The minimum absolute atomic E-state index is 0.156. The second kappa shape index (κ2) is 37.9. The molecule has 0 bridgehead atoms. The van der Waals surface area contributed by atoms with E-state index in [1.54, 1.807) is 0 Å². The Kier molecular flexibility index (Phi) is 36.4. The Hall–Kier alpha value is -2.04. The lowest BCUT2D eigenvalue weighted by Crippen LogP contribution is -2.34. The molecule has 54 heavy (non-hydrogen) atoms. The summed E-state index contributed by atoms with van der Waals surface area (Å²) in [6.45, 7) is 2.77. The first kappa shape index (κ1) is 52.0. The van der Waals surface area contributed by atoms with Crippen molar-refractivity contribution in [1.29, 1.82) is 0 Å². The molecule has 0 aliphatic carbocycles. The fraction of sp³-hybridized carbons (Fsp3) is 0.833. The predicted molar refractivity (Wildman–Crippen MR) is 217 cm³/mol. The maximum absolute atomic E-state index is 12.6. The zero-order valence-electron chi connectivity index (χ0n) is 34.1. The van der Waals surface area contributed by atoms with E-state index in [0.29, 0.717) is 12.8 Å². The second-order valence-corrected chi connectivity index (χ2v) is 15.9. The number of hydrogen-bond donors (Lipinski definition) is 3. The Balaban J connectivity index is 4.38. The van der Waals surface area contributed by atoms with E-state index in [-0.39, 0.29) is 19.4 Å². The molecule has 0 aliphatic heterocycles. The molecule has 0 radical (unpaired) electrons. The van der Waals surface area contributed by atoms with Gasteiger partial charge in [0, 0.05) is 12.8 Å². The number of aliphatic carboxylic acids is 1. The zero-order valence-corrected chi connectivity index (χ0v) is 35.0. The Morgan fingerprint density at radius 3 is 1.37 bits per heavy atom. The average molecular weight is 788 g/mol. The summed E-state index contributed by atoms with van der Waals surface area (Å²) in [6, 6.07) is -1.52. The molecule has 0 amide bonds. The number of unbranched alkanes of at least 4 members (excludes halogenated alkanes) is 22. The van der Waals surface area contributed by atoms with Crippen LogP contribution in [-0.4, -0.2) is 59.9 Å². The van der Waals surface area contributed by atoms with Gasteiger partial charge in [0.2, 0.25) is 0 Å². The highest BCUT2D eigenvalue weighted by molar-refractivity contribution is 7.47. The molecule has 0 heterocycles. The monoisotopic (exact) mass is 788 g/mol. The van der Waals surface area contributed by atoms with E-state index in [1.807, 2.05) is 0 Å². The molecule has 1 unspecified atom stereocenters. The van der Waals surface area contributed by atoms with E-state index in [9.17, 15) is 23.8 Å².